The fourth-order valence-electron chi connectivity index (χ4n) is 5.25. The Bertz CT molecular complexity index is 319. The van der Waals surface area contributed by atoms with E-state index in [1.165, 1.54) is 0 Å². The van der Waals surface area contributed by atoms with Gasteiger partial charge in [-0.1, -0.05) is 18.5 Å². The van der Waals surface area contributed by atoms with Gasteiger partial charge in [0, 0.05) is 0 Å². The second kappa shape index (κ2) is 2.54. The van der Waals surface area contributed by atoms with Crippen LogP contribution in [0.1, 0.15) is 25.7 Å². The van der Waals surface area contributed by atoms with Crippen LogP contribution in [0.4, 0.5) is 13.2 Å². The average molecular weight is 482 g/mol. The van der Waals surface area contributed by atoms with E-state index in [0.29, 0.717) is 18.3 Å². The minimum Gasteiger partial charge on any atom is -0.450 e. The topological polar surface area (TPSA) is 0 Å². The zero-order valence-electron chi connectivity index (χ0n) is 9.13. The molecule has 4 fully saturated rings. The number of hydrogen-bond donors (Lipinski definition) is 0. The van der Waals surface area contributed by atoms with Gasteiger partial charge in [-0.3, -0.25) is 0 Å². The third-order valence-electron chi connectivity index (χ3n) is 5.59. The summed E-state index contributed by atoms with van der Waals surface area (Å²) in [5, 5.41) is 0. The molecule has 0 spiro atoms. The first-order valence-corrected chi connectivity index (χ1v) is 6.01. The van der Waals surface area contributed by atoms with Crippen LogP contribution < -0.4 is 0 Å². The third-order valence-corrected chi connectivity index (χ3v) is 5.59. The van der Waals surface area contributed by atoms with Gasteiger partial charge in [0.25, 0.3) is 0 Å². The van der Waals surface area contributed by atoms with E-state index in [4.69, 9.17) is 0 Å². The van der Waals surface area contributed by atoms with Crippen molar-refractivity contribution < 1.29 is 13.2 Å². The first kappa shape index (κ1) is 9.98. The van der Waals surface area contributed by atoms with Gasteiger partial charge in [0.15, 0.2) is 5.92 Å². The Labute approximate surface area is 87.2 Å². The number of fused-ring (bicyclic) bond motifs is 9. The molecule has 0 aromatic carbocycles. The second-order valence-electron chi connectivity index (χ2n) is 5.91. The summed E-state index contributed by atoms with van der Waals surface area (Å²) in [6.07, 6.45) is 2.84. The van der Waals surface area contributed by atoms with Crippen molar-refractivity contribution in [3.8, 4) is 0 Å². The molecule has 16 heavy (non-hydrogen) atoms. The Morgan fingerprint density at radius 1 is 1.00 bits per heavy atom. The summed E-state index contributed by atoms with van der Waals surface area (Å²) in [5.41, 5.74) is 0. The molecule has 4 heteroatoms. The van der Waals surface area contributed by atoms with Gasteiger partial charge >= 0.3 is 0 Å². The van der Waals surface area contributed by atoms with Gasteiger partial charge in [0.2, 0.25) is 0 Å². The van der Waals surface area contributed by atoms with Crippen molar-refractivity contribution in [2.75, 3.05) is 0 Å². The largest absolute Gasteiger partial charge is 0.450 e. The van der Waals surface area contributed by atoms with Crippen LogP contribution in [0.15, 0.2) is 0 Å². The van der Waals surface area contributed by atoms with Crippen LogP contribution in [0.2, 0.25) is 0 Å². The van der Waals surface area contributed by atoms with Crippen molar-refractivity contribution >= 4 is 0 Å². The Hall–Kier alpha value is -1.21. The summed E-state index contributed by atoms with van der Waals surface area (Å²) in [6, 6.07) is 0. The fourth-order valence-corrected chi connectivity index (χ4v) is 5.25. The molecule has 86 valence electrons. The third kappa shape index (κ3) is 0.778. The van der Waals surface area contributed by atoms with Crippen LogP contribution in [0, 0.1) is 41.7 Å². The van der Waals surface area contributed by atoms with Crippen molar-refractivity contribution in [1.82, 2.24) is 0 Å². The smallest absolute Gasteiger partial charge is 0.164 e. The summed E-state index contributed by atoms with van der Waals surface area (Å²) in [5.74, 6) is -2.62. The zero-order chi connectivity index (χ0) is 10.4. The van der Waals surface area contributed by atoms with Crippen molar-refractivity contribution in [3.63, 3.8) is 0 Å². The molecule has 6 unspecified atom stereocenters. The van der Waals surface area contributed by atoms with E-state index < -0.39 is 18.0 Å². The molecule has 0 nitrogen and oxygen atoms in total. The number of rotatable bonds is 0. The van der Waals surface area contributed by atoms with Gasteiger partial charge in [-0.25, -0.2) is 8.78 Å². The average Bonchev–Trinajstić information content (AvgIpc) is 2.88. The van der Waals surface area contributed by atoms with Crippen molar-refractivity contribution in [2.24, 2.45) is 35.5 Å². The van der Waals surface area contributed by atoms with Gasteiger partial charge in [0.1, 0.15) is 0 Å². The standard InChI is InChI=1S/C12H14F3.Rf/c13-11-7-4-8(12(11,14)15)10-6-2-1-5(3-6)9(7)10;/h5-10H,1-4H2;/q-1;. The van der Waals surface area contributed by atoms with E-state index in [-0.39, 0.29) is 17.8 Å². The van der Waals surface area contributed by atoms with E-state index in [0.717, 1.165) is 19.3 Å². The van der Waals surface area contributed by atoms with E-state index in [1.807, 2.05) is 0 Å². The molecule has 4 aliphatic rings. The molecule has 0 N–H and O–H groups in total. The molecule has 0 heterocycles. The molecular weight excluding hydrogens is 468 g/mol. The predicted octanol–water partition coefficient (Wildman–Crippen LogP) is 3.44. The van der Waals surface area contributed by atoms with Crippen LogP contribution in [0.3, 0.4) is 0 Å². The molecule has 4 bridgehead atoms. The predicted molar refractivity (Wildman–Crippen MR) is 48.7 cm³/mol. The van der Waals surface area contributed by atoms with Crippen LogP contribution in [-0.2, 0) is 0 Å². The Kier molecular flexibility index (Phi) is 1.59. The molecule has 0 amide bonds. The van der Waals surface area contributed by atoms with Gasteiger partial charge in [-0.2, -0.15) is 0 Å². The van der Waals surface area contributed by atoms with E-state index in [1.54, 1.807) is 0 Å². The van der Waals surface area contributed by atoms with Crippen molar-refractivity contribution in [3.05, 3.63) is 6.17 Å². The SMILES string of the molecule is F[C-]1C2CC(C3C4CCC(C4)C23)C1(F)F.[Rf]. The summed E-state index contributed by atoms with van der Waals surface area (Å²) in [7, 11) is 0. The van der Waals surface area contributed by atoms with Crippen LogP contribution in [0.25, 0.3) is 0 Å². The van der Waals surface area contributed by atoms with Gasteiger partial charge in [-0.15, -0.1) is 5.92 Å². The Morgan fingerprint density at radius 3 is 2.31 bits per heavy atom. The zero-order valence-corrected chi connectivity index (χ0v) is 15.5. The van der Waals surface area contributed by atoms with Gasteiger partial charge < -0.3 is 4.39 Å². The van der Waals surface area contributed by atoms with Gasteiger partial charge in [0.05, 0.1) is 0 Å². The maximum atomic E-state index is 13.6. The van der Waals surface area contributed by atoms with Crippen molar-refractivity contribution in [1.29, 1.82) is 0 Å². The fraction of sp³-hybridized carbons (Fsp3) is 0.917. The molecule has 0 aromatic rings. The quantitative estimate of drug-likeness (QED) is 0.367. The Morgan fingerprint density at radius 2 is 1.62 bits per heavy atom. The summed E-state index contributed by atoms with van der Waals surface area (Å²) < 4.78 is 40.7. The number of halogens is 3. The van der Waals surface area contributed by atoms with Crippen molar-refractivity contribution in [2.45, 2.75) is 31.6 Å². The second-order valence-corrected chi connectivity index (χ2v) is 5.91. The summed E-state index contributed by atoms with van der Waals surface area (Å²) in [6.45, 7) is 0. The number of alkyl halides is 2. The van der Waals surface area contributed by atoms with E-state index in [9.17, 15) is 13.2 Å². The molecule has 4 aliphatic carbocycles. The first-order chi connectivity index (χ1) is 7.10. The molecule has 0 radical (unpaired) electrons. The maximum Gasteiger partial charge on any atom is 0.164 e. The summed E-state index contributed by atoms with van der Waals surface area (Å²) in [4.78, 5) is 0. The van der Waals surface area contributed by atoms with Crippen LogP contribution in [-0.4, -0.2) is 5.92 Å². The molecule has 4 rings (SSSR count). The minimum atomic E-state index is -3.09. The molecular formula is C12H14F3Rf-. The van der Waals surface area contributed by atoms with Crippen LogP contribution >= 0.6 is 0 Å². The van der Waals surface area contributed by atoms with E-state index in [2.05, 4.69) is 0 Å². The molecule has 0 aromatic heterocycles. The van der Waals surface area contributed by atoms with Gasteiger partial charge in [-0.05, 0) is 42.9 Å². The van der Waals surface area contributed by atoms with E-state index >= 15 is 0 Å². The minimum absolute atomic E-state index is 0. The van der Waals surface area contributed by atoms with Crippen LogP contribution in [0.5, 0.6) is 0 Å². The Balaban J connectivity index is 0.000000810. The normalized spacial score (nSPS) is 56.4. The molecule has 4 saturated carbocycles. The summed E-state index contributed by atoms with van der Waals surface area (Å²) >= 11 is 0. The maximum absolute atomic E-state index is 13.6. The molecule has 0 saturated heterocycles. The monoisotopic (exact) mass is 482 g/mol. The number of hydrogen-bond acceptors (Lipinski definition) is 0. The first-order valence-electron chi connectivity index (χ1n) is 6.01. The molecule has 6 atom stereocenters. The molecule has 0 aliphatic heterocycles.